The zero-order valence-corrected chi connectivity index (χ0v) is 11.8. The Hall–Kier alpha value is -1.59. The van der Waals surface area contributed by atoms with E-state index in [-0.39, 0.29) is 12.5 Å². The van der Waals surface area contributed by atoms with Crippen LogP contribution in [0.4, 0.5) is 0 Å². The van der Waals surface area contributed by atoms with E-state index < -0.39 is 0 Å². The summed E-state index contributed by atoms with van der Waals surface area (Å²) in [6, 6.07) is 5.92. The van der Waals surface area contributed by atoms with Crippen molar-refractivity contribution >= 4 is 5.91 Å². The number of nitrogens with one attached hydrogen (secondary N) is 2. The number of rotatable bonds is 8. The Morgan fingerprint density at radius 3 is 2.84 bits per heavy atom. The van der Waals surface area contributed by atoms with E-state index in [1.165, 1.54) is 0 Å². The lowest BCUT2D eigenvalue weighted by Crippen LogP contribution is -2.25. The monoisotopic (exact) mass is 266 g/mol. The van der Waals surface area contributed by atoms with Crippen LogP contribution in [-0.4, -0.2) is 39.8 Å². The summed E-state index contributed by atoms with van der Waals surface area (Å²) in [6.45, 7) is 4.19. The Morgan fingerprint density at radius 1 is 1.37 bits per heavy atom. The van der Waals surface area contributed by atoms with Crippen molar-refractivity contribution in [2.45, 2.75) is 13.5 Å². The van der Waals surface area contributed by atoms with Gasteiger partial charge in [-0.15, -0.1) is 0 Å². The number of ether oxygens (including phenoxy) is 2. The molecule has 0 aromatic heterocycles. The average molecular weight is 266 g/mol. The molecule has 106 valence electrons. The lowest BCUT2D eigenvalue weighted by Gasteiger charge is -2.12. The van der Waals surface area contributed by atoms with Gasteiger partial charge in [-0.2, -0.15) is 0 Å². The summed E-state index contributed by atoms with van der Waals surface area (Å²) in [7, 11) is 3.26. The Kier molecular flexibility index (Phi) is 6.92. The van der Waals surface area contributed by atoms with Crippen LogP contribution in [0.3, 0.4) is 0 Å². The SMILES string of the molecule is CNC(=O)COc1ccc(C)cc1CNCCOC. The Labute approximate surface area is 114 Å². The first-order valence-corrected chi connectivity index (χ1v) is 6.30. The molecule has 0 saturated carbocycles. The third-order valence-electron chi connectivity index (χ3n) is 2.65. The molecule has 0 radical (unpaired) electrons. The number of hydrogen-bond acceptors (Lipinski definition) is 4. The van der Waals surface area contributed by atoms with Crippen LogP contribution in [0.2, 0.25) is 0 Å². The van der Waals surface area contributed by atoms with E-state index in [1.54, 1.807) is 14.2 Å². The Balaban J connectivity index is 2.60. The van der Waals surface area contributed by atoms with Gasteiger partial charge in [0.1, 0.15) is 5.75 Å². The van der Waals surface area contributed by atoms with Gasteiger partial charge in [-0.25, -0.2) is 0 Å². The minimum Gasteiger partial charge on any atom is -0.483 e. The maximum atomic E-state index is 11.2. The first kappa shape index (κ1) is 15.5. The van der Waals surface area contributed by atoms with Gasteiger partial charge in [0.05, 0.1) is 6.61 Å². The standard InChI is InChI=1S/C14H22N2O3/c1-11-4-5-13(19-10-14(17)15-2)12(8-11)9-16-6-7-18-3/h4-5,8,16H,6-7,9-10H2,1-3H3,(H,15,17). The highest BCUT2D eigenvalue weighted by atomic mass is 16.5. The number of carbonyl (C=O) groups is 1. The summed E-state index contributed by atoms with van der Waals surface area (Å²) >= 11 is 0. The third kappa shape index (κ3) is 5.72. The number of carbonyl (C=O) groups excluding carboxylic acids is 1. The van der Waals surface area contributed by atoms with Crippen molar-refractivity contribution in [2.75, 3.05) is 33.9 Å². The highest BCUT2D eigenvalue weighted by Crippen LogP contribution is 2.19. The van der Waals surface area contributed by atoms with Crippen molar-refractivity contribution in [2.24, 2.45) is 0 Å². The van der Waals surface area contributed by atoms with Crippen molar-refractivity contribution in [1.29, 1.82) is 0 Å². The van der Waals surface area contributed by atoms with E-state index in [4.69, 9.17) is 9.47 Å². The molecule has 0 bridgehead atoms. The van der Waals surface area contributed by atoms with Crippen molar-refractivity contribution in [3.63, 3.8) is 0 Å². The Morgan fingerprint density at radius 2 is 2.16 bits per heavy atom. The predicted octanol–water partition coefficient (Wildman–Crippen LogP) is 0.856. The summed E-state index contributed by atoms with van der Waals surface area (Å²) in [5, 5.41) is 5.80. The first-order chi connectivity index (χ1) is 9.17. The summed E-state index contributed by atoms with van der Waals surface area (Å²) in [6.07, 6.45) is 0. The van der Waals surface area contributed by atoms with E-state index in [2.05, 4.69) is 16.7 Å². The average Bonchev–Trinajstić information content (AvgIpc) is 2.42. The molecule has 0 aliphatic heterocycles. The smallest absolute Gasteiger partial charge is 0.257 e. The van der Waals surface area contributed by atoms with E-state index in [1.807, 2.05) is 19.1 Å². The molecule has 0 saturated heterocycles. The molecule has 0 unspecified atom stereocenters. The fraction of sp³-hybridized carbons (Fsp3) is 0.500. The molecule has 0 fully saturated rings. The second kappa shape index (κ2) is 8.50. The molecule has 0 heterocycles. The van der Waals surface area contributed by atoms with Crippen LogP contribution in [0, 0.1) is 6.92 Å². The molecule has 0 aliphatic carbocycles. The van der Waals surface area contributed by atoms with E-state index in [9.17, 15) is 4.79 Å². The zero-order valence-electron chi connectivity index (χ0n) is 11.8. The van der Waals surface area contributed by atoms with Gasteiger partial charge in [-0.05, 0) is 13.0 Å². The van der Waals surface area contributed by atoms with Crippen LogP contribution < -0.4 is 15.4 Å². The summed E-state index contributed by atoms with van der Waals surface area (Å²) in [5.41, 5.74) is 2.20. The van der Waals surface area contributed by atoms with Crippen molar-refractivity contribution in [1.82, 2.24) is 10.6 Å². The van der Waals surface area contributed by atoms with Crippen molar-refractivity contribution in [3.8, 4) is 5.75 Å². The van der Waals surface area contributed by atoms with Gasteiger partial charge in [0, 0.05) is 32.8 Å². The fourth-order valence-electron chi connectivity index (χ4n) is 1.60. The molecule has 1 aromatic carbocycles. The van der Waals surface area contributed by atoms with Crippen molar-refractivity contribution in [3.05, 3.63) is 29.3 Å². The topological polar surface area (TPSA) is 59.6 Å². The van der Waals surface area contributed by atoms with Crippen LogP contribution in [-0.2, 0) is 16.1 Å². The maximum absolute atomic E-state index is 11.2. The normalized spacial score (nSPS) is 10.3. The van der Waals surface area contributed by atoms with Gasteiger partial charge >= 0.3 is 0 Å². The fourth-order valence-corrected chi connectivity index (χ4v) is 1.60. The summed E-state index contributed by atoms with van der Waals surface area (Å²) < 4.78 is 10.5. The number of amides is 1. The van der Waals surface area contributed by atoms with Crippen LogP contribution in [0.25, 0.3) is 0 Å². The molecule has 5 nitrogen and oxygen atoms in total. The third-order valence-corrected chi connectivity index (χ3v) is 2.65. The zero-order chi connectivity index (χ0) is 14.1. The van der Waals surface area contributed by atoms with Gasteiger partial charge in [0.2, 0.25) is 0 Å². The number of methoxy groups -OCH3 is 1. The molecule has 1 aromatic rings. The molecular formula is C14H22N2O3. The van der Waals surface area contributed by atoms with Gasteiger partial charge in [-0.3, -0.25) is 4.79 Å². The lowest BCUT2D eigenvalue weighted by atomic mass is 10.1. The van der Waals surface area contributed by atoms with E-state index in [0.29, 0.717) is 13.2 Å². The molecule has 0 atom stereocenters. The second-order valence-corrected chi connectivity index (χ2v) is 4.24. The van der Waals surface area contributed by atoms with Gasteiger partial charge in [0.25, 0.3) is 5.91 Å². The summed E-state index contributed by atoms with van der Waals surface area (Å²) in [5.74, 6) is 0.595. The molecular weight excluding hydrogens is 244 g/mol. The van der Waals surface area contributed by atoms with Crippen LogP contribution in [0.1, 0.15) is 11.1 Å². The maximum Gasteiger partial charge on any atom is 0.257 e. The van der Waals surface area contributed by atoms with Crippen LogP contribution in [0.5, 0.6) is 5.75 Å². The van der Waals surface area contributed by atoms with E-state index >= 15 is 0 Å². The quantitative estimate of drug-likeness (QED) is 0.685. The predicted molar refractivity (Wildman–Crippen MR) is 74.3 cm³/mol. The largest absolute Gasteiger partial charge is 0.483 e. The number of hydrogen-bond donors (Lipinski definition) is 2. The van der Waals surface area contributed by atoms with Gasteiger partial charge in [-0.1, -0.05) is 17.7 Å². The molecule has 1 rings (SSSR count). The minimum atomic E-state index is -0.140. The molecule has 1 amide bonds. The summed E-state index contributed by atoms with van der Waals surface area (Å²) in [4.78, 5) is 11.2. The second-order valence-electron chi connectivity index (χ2n) is 4.24. The highest BCUT2D eigenvalue weighted by Gasteiger charge is 2.06. The Bertz CT molecular complexity index is 408. The molecule has 19 heavy (non-hydrogen) atoms. The molecule has 0 aliphatic rings. The molecule has 5 heteroatoms. The molecule has 2 N–H and O–H groups in total. The minimum absolute atomic E-state index is 0.0324. The number of aryl methyl sites for hydroxylation is 1. The van der Waals surface area contributed by atoms with Gasteiger partial charge < -0.3 is 20.1 Å². The van der Waals surface area contributed by atoms with E-state index in [0.717, 1.165) is 23.4 Å². The van der Waals surface area contributed by atoms with Crippen LogP contribution >= 0.6 is 0 Å². The number of benzene rings is 1. The van der Waals surface area contributed by atoms with Gasteiger partial charge in [0.15, 0.2) is 6.61 Å². The first-order valence-electron chi connectivity index (χ1n) is 6.30. The molecule has 0 spiro atoms. The van der Waals surface area contributed by atoms with Crippen molar-refractivity contribution < 1.29 is 14.3 Å². The van der Waals surface area contributed by atoms with Crippen LogP contribution in [0.15, 0.2) is 18.2 Å². The highest BCUT2D eigenvalue weighted by molar-refractivity contribution is 5.77. The number of likely N-dealkylation sites (N-methyl/N-ethyl adjacent to an activating group) is 1. The lowest BCUT2D eigenvalue weighted by molar-refractivity contribution is -0.122.